The Hall–Kier alpha value is -2.94. The number of aromatic nitrogens is 2. The molecule has 28 heavy (non-hydrogen) atoms. The summed E-state index contributed by atoms with van der Waals surface area (Å²) in [6.07, 6.45) is -3.04. The number of hydrogen-bond acceptors (Lipinski definition) is 4. The number of carbonyl (C=O) groups excluding carboxylic acids is 1. The summed E-state index contributed by atoms with van der Waals surface area (Å²) in [5, 5.41) is 4.59. The SMILES string of the molecule is CCc1ccc(-c2csc(NC(=O)Cn3cc(C(F)(F)F)ccc3=O)n2)cc1. The van der Waals surface area contributed by atoms with E-state index in [0.717, 1.165) is 22.6 Å². The van der Waals surface area contributed by atoms with Gasteiger partial charge in [-0.2, -0.15) is 13.2 Å². The largest absolute Gasteiger partial charge is 0.417 e. The van der Waals surface area contributed by atoms with Gasteiger partial charge in [-0.1, -0.05) is 31.2 Å². The van der Waals surface area contributed by atoms with Crippen LogP contribution in [0.25, 0.3) is 11.3 Å². The van der Waals surface area contributed by atoms with Gasteiger partial charge in [-0.3, -0.25) is 9.59 Å². The Balaban J connectivity index is 1.70. The van der Waals surface area contributed by atoms with E-state index in [1.807, 2.05) is 24.3 Å². The molecule has 3 aromatic rings. The van der Waals surface area contributed by atoms with Crippen LogP contribution in [0.4, 0.5) is 18.3 Å². The number of benzene rings is 1. The van der Waals surface area contributed by atoms with E-state index >= 15 is 0 Å². The van der Waals surface area contributed by atoms with Crippen LogP contribution in [-0.2, 0) is 23.9 Å². The summed E-state index contributed by atoms with van der Waals surface area (Å²) in [7, 11) is 0. The van der Waals surface area contributed by atoms with Gasteiger partial charge in [-0.25, -0.2) is 4.98 Å². The van der Waals surface area contributed by atoms with Crippen LogP contribution >= 0.6 is 11.3 Å². The lowest BCUT2D eigenvalue weighted by atomic mass is 10.1. The number of alkyl halides is 3. The van der Waals surface area contributed by atoms with Crippen molar-refractivity contribution in [3.05, 3.63) is 69.5 Å². The third-order valence-corrected chi connectivity index (χ3v) is 4.79. The Labute approximate surface area is 162 Å². The molecule has 0 radical (unpaired) electrons. The van der Waals surface area contributed by atoms with Gasteiger partial charge in [0.05, 0.1) is 11.3 Å². The van der Waals surface area contributed by atoms with Crippen LogP contribution in [0.1, 0.15) is 18.1 Å². The fourth-order valence-electron chi connectivity index (χ4n) is 2.51. The molecule has 2 aromatic heterocycles. The van der Waals surface area contributed by atoms with Crippen molar-refractivity contribution in [2.24, 2.45) is 0 Å². The number of pyridine rings is 1. The number of thiazole rings is 1. The van der Waals surface area contributed by atoms with Gasteiger partial charge in [-0.05, 0) is 18.1 Å². The number of amides is 1. The minimum Gasteiger partial charge on any atom is -0.305 e. The number of nitrogens with one attached hydrogen (secondary N) is 1. The Morgan fingerprint density at radius 1 is 1.18 bits per heavy atom. The molecule has 3 rings (SSSR count). The molecule has 0 aliphatic carbocycles. The summed E-state index contributed by atoms with van der Waals surface area (Å²) < 4.78 is 39.0. The number of halogens is 3. The zero-order valence-corrected chi connectivity index (χ0v) is 15.6. The van der Waals surface area contributed by atoms with Crippen LogP contribution in [0.5, 0.6) is 0 Å². The monoisotopic (exact) mass is 407 g/mol. The van der Waals surface area contributed by atoms with Crippen molar-refractivity contribution in [3.63, 3.8) is 0 Å². The normalized spacial score (nSPS) is 11.4. The molecule has 0 saturated carbocycles. The van der Waals surface area contributed by atoms with Crippen LogP contribution in [0.3, 0.4) is 0 Å². The molecule has 146 valence electrons. The molecule has 5 nitrogen and oxygen atoms in total. The van der Waals surface area contributed by atoms with E-state index in [4.69, 9.17) is 0 Å². The van der Waals surface area contributed by atoms with Crippen LogP contribution in [0, 0.1) is 0 Å². The highest BCUT2D eigenvalue weighted by atomic mass is 32.1. The smallest absolute Gasteiger partial charge is 0.305 e. The number of carbonyl (C=O) groups is 1. The van der Waals surface area contributed by atoms with E-state index in [0.29, 0.717) is 23.1 Å². The second-order valence-electron chi connectivity index (χ2n) is 6.02. The molecule has 1 amide bonds. The van der Waals surface area contributed by atoms with Crippen molar-refractivity contribution >= 4 is 22.4 Å². The molecule has 0 aliphatic heterocycles. The van der Waals surface area contributed by atoms with Gasteiger partial charge in [-0.15, -0.1) is 11.3 Å². The molecule has 9 heteroatoms. The maximum absolute atomic E-state index is 12.8. The number of rotatable bonds is 5. The highest BCUT2D eigenvalue weighted by molar-refractivity contribution is 7.14. The van der Waals surface area contributed by atoms with Gasteiger partial charge in [0.2, 0.25) is 5.91 Å². The van der Waals surface area contributed by atoms with E-state index < -0.39 is 29.8 Å². The van der Waals surface area contributed by atoms with E-state index in [1.54, 1.807) is 5.38 Å². The van der Waals surface area contributed by atoms with E-state index in [2.05, 4.69) is 17.2 Å². The van der Waals surface area contributed by atoms with E-state index in [1.165, 1.54) is 16.9 Å². The van der Waals surface area contributed by atoms with Crippen LogP contribution in [-0.4, -0.2) is 15.5 Å². The number of aryl methyl sites for hydroxylation is 1. The van der Waals surface area contributed by atoms with Gasteiger partial charge in [0.1, 0.15) is 6.54 Å². The second-order valence-corrected chi connectivity index (χ2v) is 6.88. The van der Waals surface area contributed by atoms with Crippen molar-refractivity contribution < 1.29 is 18.0 Å². The molecule has 0 saturated heterocycles. The Morgan fingerprint density at radius 2 is 1.89 bits per heavy atom. The van der Waals surface area contributed by atoms with Gasteiger partial charge >= 0.3 is 6.18 Å². The first-order valence-corrected chi connectivity index (χ1v) is 9.26. The zero-order chi connectivity index (χ0) is 20.3. The molecule has 0 aliphatic rings. The molecular weight excluding hydrogens is 391 g/mol. The van der Waals surface area contributed by atoms with Crippen molar-refractivity contribution in [3.8, 4) is 11.3 Å². The minimum atomic E-state index is -4.59. The average molecular weight is 407 g/mol. The maximum Gasteiger partial charge on any atom is 0.417 e. The predicted octanol–water partition coefficient (Wildman–Crippen LogP) is 4.19. The summed E-state index contributed by atoms with van der Waals surface area (Å²) in [6.45, 7) is 1.52. The average Bonchev–Trinajstić information content (AvgIpc) is 3.11. The standard InChI is InChI=1S/C19H16F3N3O2S/c1-2-12-3-5-13(6-4-12)15-11-28-18(23-15)24-16(26)10-25-9-14(19(20,21)22)7-8-17(25)27/h3-9,11H,2,10H2,1H3,(H,23,24,26). The van der Waals surface area contributed by atoms with Crippen molar-refractivity contribution in [1.82, 2.24) is 9.55 Å². The van der Waals surface area contributed by atoms with Gasteiger partial charge in [0.25, 0.3) is 5.56 Å². The molecular formula is C19H16F3N3O2S. The summed E-state index contributed by atoms with van der Waals surface area (Å²) in [4.78, 5) is 28.2. The fraction of sp³-hybridized carbons (Fsp3) is 0.211. The van der Waals surface area contributed by atoms with Crippen molar-refractivity contribution in [2.45, 2.75) is 26.1 Å². The van der Waals surface area contributed by atoms with Crippen molar-refractivity contribution in [1.29, 1.82) is 0 Å². The second kappa shape index (κ2) is 7.97. The predicted molar refractivity (Wildman–Crippen MR) is 101 cm³/mol. The quantitative estimate of drug-likeness (QED) is 0.690. The first-order valence-electron chi connectivity index (χ1n) is 8.38. The van der Waals surface area contributed by atoms with Crippen LogP contribution in [0.15, 0.2) is 52.8 Å². The summed E-state index contributed by atoms with van der Waals surface area (Å²) >= 11 is 1.19. The van der Waals surface area contributed by atoms with Crippen LogP contribution in [0.2, 0.25) is 0 Å². The molecule has 0 fully saturated rings. The first-order chi connectivity index (χ1) is 13.3. The van der Waals surface area contributed by atoms with Crippen molar-refractivity contribution in [2.75, 3.05) is 5.32 Å². The molecule has 1 N–H and O–H groups in total. The molecule has 1 aromatic carbocycles. The highest BCUT2D eigenvalue weighted by Crippen LogP contribution is 2.28. The van der Waals surface area contributed by atoms with Gasteiger partial charge in [0.15, 0.2) is 5.13 Å². The Kier molecular flexibility index (Phi) is 5.64. The summed E-state index contributed by atoms with van der Waals surface area (Å²) in [6, 6.07) is 9.33. The third kappa shape index (κ3) is 4.66. The Bertz CT molecular complexity index is 1040. The molecule has 0 atom stereocenters. The molecule has 2 heterocycles. The molecule has 0 unspecified atom stereocenters. The molecule has 0 spiro atoms. The lowest BCUT2D eigenvalue weighted by molar-refractivity contribution is -0.138. The summed E-state index contributed by atoms with van der Waals surface area (Å²) in [5.74, 6) is -0.636. The fourth-order valence-corrected chi connectivity index (χ4v) is 3.25. The number of nitrogens with zero attached hydrogens (tertiary/aromatic N) is 2. The van der Waals surface area contributed by atoms with Gasteiger partial charge < -0.3 is 9.88 Å². The number of anilines is 1. The van der Waals surface area contributed by atoms with E-state index in [9.17, 15) is 22.8 Å². The highest BCUT2D eigenvalue weighted by Gasteiger charge is 2.31. The van der Waals surface area contributed by atoms with Crippen LogP contribution < -0.4 is 10.9 Å². The number of hydrogen-bond donors (Lipinski definition) is 1. The summed E-state index contributed by atoms with van der Waals surface area (Å²) in [5.41, 5.74) is 1.08. The Morgan fingerprint density at radius 3 is 2.54 bits per heavy atom. The minimum absolute atomic E-state index is 0.305. The topological polar surface area (TPSA) is 64.0 Å². The lowest BCUT2D eigenvalue weighted by Crippen LogP contribution is -2.28. The lowest BCUT2D eigenvalue weighted by Gasteiger charge is -2.10. The van der Waals surface area contributed by atoms with Gasteiger partial charge in [0, 0.05) is 23.2 Å². The first kappa shape index (κ1) is 19.8. The molecule has 0 bridgehead atoms. The van der Waals surface area contributed by atoms with E-state index in [-0.39, 0.29) is 0 Å². The third-order valence-electron chi connectivity index (χ3n) is 4.03. The zero-order valence-electron chi connectivity index (χ0n) is 14.8. The maximum atomic E-state index is 12.8.